The second kappa shape index (κ2) is 9.64. The van der Waals surface area contributed by atoms with E-state index in [1.165, 1.54) is 0 Å². The summed E-state index contributed by atoms with van der Waals surface area (Å²) in [6, 6.07) is 5.55. The number of aldehydes is 1. The highest BCUT2D eigenvalue weighted by molar-refractivity contribution is 5.94. The van der Waals surface area contributed by atoms with E-state index in [2.05, 4.69) is 16.0 Å². The van der Waals surface area contributed by atoms with Crippen molar-refractivity contribution in [1.29, 1.82) is 0 Å². The molecule has 1 unspecified atom stereocenters. The average molecular weight is 337 g/mol. The first-order chi connectivity index (χ1) is 11.4. The van der Waals surface area contributed by atoms with E-state index in [1.807, 2.05) is 0 Å². The van der Waals surface area contributed by atoms with E-state index in [-0.39, 0.29) is 19.1 Å². The molecule has 0 aliphatic carbocycles. The largest absolute Gasteiger partial charge is 0.465 e. The highest BCUT2D eigenvalue weighted by Gasteiger charge is 2.21. The molecule has 0 heterocycles. The maximum absolute atomic E-state index is 12.1. The van der Waals surface area contributed by atoms with Crippen LogP contribution in [-0.2, 0) is 16.2 Å². The highest BCUT2D eigenvalue weighted by atomic mass is 16.4. The van der Waals surface area contributed by atoms with Crippen LogP contribution >= 0.6 is 0 Å². The van der Waals surface area contributed by atoms with Crippen LogP contribution in [0.2, 0.25) is 0 Å². The Balaban J connectivity index is 2.54. The van der Waals surface area contributed by atoms with E-state index in [1.54, 1.807) is 38.1 Å². The molecule has 24 heavy (non-hydrogen) atoms. The Labute approximate surface area is 140 Å². The predicted octanol–water partition coefficient (Wildman–Crippen LogP) is 0.567. The van der Waals surface area contributed by atoms with Crippen LogP contribution in [-0.4, -0.2) is 47.1 Å². The molecule has 1 rings (SSSR count). The van der Waals surface area contributed by atoms with Crippen molar-refractivity contribution in [3.63, 3.8) is 0 Å². The number of amides is 2. The Morgan fingerprint density at radius 2 is 1.83 bits per heavy atom. The second-order valence-electron chi connectivity index (χ2n) is 5.53. The Morgan fingerprint density at radius 3 is 2.33 bits per heavy atom. The summed E-state index contributed by atoms with van der Waals surface area (Å²) in [6.07, 6.45) is -0.563. The molecular weight excluding hydrogens is 314 g/mol. The maximum atomic E-state index is 12.1. The number of hydrogen-bond donors (Lipinski definition) is 5. The van der Waals surface area contributed by atoms with Crippen molar-refractivity contribution in [2.45, 2.75) is 32.5 Å². The average Bonchev–Trinajstić information content (AvgIpc) is 2.57. The topological polar surface area (TPSA) is 128 Å². The van der Waals surface area contributed by atoms with Crippen molar-refractivity contribution in [3.8, 4) is 0 Å². The number of carbonyl (C=O) groups is 3. The molecule has 0 aliphatic heterocycles. The van der Waals surface area contributed by atoms with Gasteiger partial charge in [0, 0.05) is 18.2 Å². The Hall–Kier alpha value is -2.45. The third-order valence-corrected chi connectivity index (χ3v) is 3.60. The van der Waals surface area contributed by atoms with Gasteiger partial charge in [0.1, 0.15) is 6.29 Å². The van der Waals surface area contributed by atoms with Crippen LogP contribution in [0.15, 0.2) is 24.3 Å². The maximum Gasteiger partial charge on any atom is 0.404 e. The van der Waals surface area contributed by atoms with Gasteiger partial charge in [0.05, 0.1) is 18.7 Å². The lowest BCUT2D eigenvalue weighted by Gasteiger charge is -2.22. The first kappa shape index (κ1) is 19.6. The van der Waals surface area contributed by atoms with E-state index in [0.717, 1.165) is 5.56 Å². The summed E-state index contributed by atoms with van der Waals surface area (Å²) in [7, 11) is 0. The number of rotatable bonds is 9. The molecule has 0 bridgehead atoms. The Kier molecular flexibility index (Phi) is 7.87. The van der Waals surface area contributed by atoms with E-state index >= 15 is 0 Å². The van der Waals surface area contributed by atoms with E-state index in [0.29, 0.717) is 12.0 Å². The third kappa shape index (κ3) is 6.35. The molecule has 0 aromatic heterocycles. The summed E-state index contributed by atoms with van der Waals surface area (Å²) in [5.41, 5.74) is 1.33. The smallest absolute Gasteiger partial charge is 0.404 e. The summed E-state index contributed by atoms with van der Waals surface area (Å²) < 4.78 is 0. The Bertz CT molecular complexity index is 561. The predicted molar refractivity (Wildman–Crippen MR) is 88.6 cm³/mol. The molecule has 8 heteroatoms. The number of carboxylic acid groups (broad SMARTS) is 1. The summed E-state index contributed by atoms with van der Waals surface area (Å²) >= 11 is 0. The third-order valence-electron chi connectivity index (χ3n) is 3.60. The van der Waals surface area contributed by atoms with Gasteiger partial charge >= 0.3 is 6.09 Å². The minimum absolute atomic E-state index is 0.0704. The van der Waals surface area contributed by atoms with Crippen LogP contribution < -0.4 is 16.0 Å². The molecule has 0 spiro atoms. The number of aliphatic hydroxyl groups is 1. The molecule has 3 atom stereocenters. The van der Waals surface area contributed by atoms with Crippen molar-refractivity contribution >= 4 is 24.0 Å². The number of anilines is 1. The number of aliphatic hydroxyl groups excluding tert-OH is 1. The normalized spacial score (nSPS) is 14.3. The zero-order valence-corrected chi connectivity index (χ0v) is 13.7. The number of carbonyl (C=O) groups excluding carboxylic acids is 2. The number of benzene rings is 1. The van der Waals surface area contributed by atoms with Gasteiger partial charge in [-0.05, 0) is 24.6 Å². The van der Waals surface area contributed by atoms with Crippen molar-refractivity contribution in [2.24, 2.45) is 5.92 Å². The molecule has 8 nitrogen and oxygen atoms in total. The van der Waals surface area contributed by atoms with Crippen molar-refractivity contribution in [1.82, 2.24) is 10.6 Å². The van der Waals surface area contributed by atoms with Gasteiger partial charge in [0.25, 0.3) is 0 Å². The van der Waals surface area contributed by atoms with Gasteiger partial charge in [-0.2, -0.15) is 0 Å². The fourth-order valence-electron chi connectivity index (χ4n) is 1.96. The van der Waals surface area contributed by atoms with Gasteiger partial charge in [0.15, 0.2) is 0 Å². The van der Waals surface area contributed by atoms with Gasteiger partial charge in [-0.3, -0.25) is 4.79 Å². The second-order valence-corrected chi connectivity index (χ2v) is 5.53. The fourth-order valence-corrected chi connectivity index (χ4v) is 1.96. The molecule has 1 aromatic rings. The zero-order chi connectivity index (χ0) is 18.1. The summed E-state index contributed by atoms with van der Waals surface area (Å²) in [5, 5.41) is 25.6. The lowest BCUT2D eigenvalue weighted by Crippen LogP contribution is -2.50. The SMILES string of the molecule is C[C@H](NCC(NC(=O)O)[C@H](C)C=O)C(=O)Nc1ccc(CO)cc1. The van der Waals surface area contributed by atoms with Crippen LogP contribution in [0.3, 0.4) is 0 Å². The van der Waals surface area contributed by atoms with Gasteiger partial charge in [-0.15, -0.1) is 0 Å². The van der Waals surface area contributed by atoms with Crippen molar-refractivity contribution < 1.29 is 24.6 Å². The van der Waals surface area contributed by atoms with E-state index < -0.39 is 24.1 Å². The Morgan fingerprint density at radius 1 is 1.21 bits per heavy atom. The monoisotopic (exact) mass is 337 g/mol. The first-order valence-electron chi connectivity index (χ1n) is 7.56. The molecule has 0 radical (unpaired) electrons. The van der Waals surface area contributed by atoms with E-state index in [9.17, 15) is 14.4 Å². The molecule has 5 N–H and O–H groups in total. The molecular formula is C16H23N3O5. The summed E-state index contributed by atoms with van der Waals surface area (Å²) in [4.78, 5) is 33.7. The van der Waals surface area contributed by atoms with Crippen LogP contribution in [0.1, 0.15) is 19.4 Å². The summed E-state index contributed by atoms with van der Waals surface area (Å²) in [5.74, 6) is -0.811. The molecule has 132 valence electrons. The van der Waals surface area contributed by atoms with Crippen LogP contribution in [0, 0.1) is 5.92 Å². The molecule has 0 fully saturated rings. The molecule has 0 saturated heterocycles. The molecule has 2 amide bonds. The van der Waals surface area contributed by atoms with Gasteiger partial charge in [-0.25, -0.2) is 4.79 Å². The van der Waals surface area contributed by atoms with Crippen LogP contribution in [0.5, 0.6) is 0 Å². The van der Waals surface area contributed by atoms with Crippen LogP contribution in [0.25, 0.3) is 0 Å². The van der Waals surface area contributed by atoms with E-state index in [4.69, 9.17) is 10.2 Å². The number of hydrogen-bond acceptors (Lipinski definition) is 5. The summed E-state index contributed by atoms with van der Waals surface area (Å²) in [6.45, 7) is 3.31. The van der Waals surface area contributed by atoms with Crippen molar-refractivity contribution in [2.75, 3.05) is 11.9 Å². The minimum atomic E-state index is -1.23. The molecule has 0 saturated carbocycles. The molecule has 1 aromatic carbocycles. The lowest BCUT2D eigenvalue weighted by atomic mass is 10.0. The van der Waals surface area contributed by atoms with Gasteiger partial charge in [0.2, 0.25) is 5.91 Å². The van der Waals surface area contributed by atoms with Gasteiger partial charge < -0.3 is 31.0 Å². The first-order valence-corrected chi connectivity index (χ1v) is 7.56. The molecule has 0 aliphatic rings. The standard InChI is InChI=1S/C16H23N3O5/c1-10(8-20)14(19-16(23)24)7-17-11(2)15(22)18-13-5-3-12(9-21)4-6-13/h3-6,8,10-11,14,17,19,21H,7,9H2,1-2H3,(H,18,22)(H,23,24)/t10-,11+,14?/m1/s1. The highest BCUT2D eigenvalue weighted by Crippen LogP contribution is 2.10. The van der Waals surface area contributed by atoms with Gasteiger partial charge in [-0.1, -0.05) is 19.1 Å². The van der Waals surface area contributed by atoms with Crippen molar-refractivity contribution in [3.05, 3.63) is 29.8 Å². The number of nitrogens with one attached hydrogen (secondary N) is 3. The fraction of sp³-hybridized carbons (Fsp3) is 0.438. The van der Waals surface area contributed by atoms with Crippen LogP contribution in [0.4, 0.5) is 10.5 Å². The zero-order valence-electron chi connectivity index (χ0n) is 13.7. The minimum Gasteiger partial charge on any atom is -0.465 e. The lowest BCUT2D eigenvalue weighted by molar-refractivity contribution is -0.117. The quantitative estimate of drug-likeness (QED) is 0.419.